The molecule has 0 radical (unpaired) electrons. The van der Waals surface area contributed by atoms with Crippen LogP contribution in [0.4, 0.5) is 0 Å². The molecular formula is C9H15NO2. The summed E-state index contributed by atoms with van der Waals surface area (Å²) in [5.41, 5.74) is -0.378. The third-order valence-electron chi connectivity index (χ3n) is 3.27. The van der Waals surface area contributed by atoms with Crippen LogP contribution in [0, 0.1) is 5.41 Å². The zero-order chi connectivity index (χ0) is 8.60. The van der Waals surface area contributed by atoms with Crippen LogP contribution in [0.25, 0.3) is 0 Å². The lowest BCUT2D eigenvalue weighted by molar-refractivity contribution is -0.148. The Hall–Kier alpha value is -0.570. The maximum Gasteiger partial charge on any atom is 0.310 e. The number of nitrogens with zero attached hydrogens (tertiary/aromatic N) is 1. The average Bonchev–Trinajstić information content (AvgIpc) is 2.27. The van der Waals surface area contributed by atoms with Crippen molar-refractivity contribution < 1.29 is 9.90 Å². The summed E-state index contributed by atoms with van der Waals surface area (Å²) < 4.78 is 0. The van der Waals surface area contributed by atoms with Crippen LogP contribution in [0.15, 0.2) is 0 Å². The molecular weight excluding hydrogens is 154 g/mol. The van der Waals surface area contributed by atoms with E-state index in [1.54, 1.807) is 0 Å². The van der Waals surface area contributed by atoms with Gasteiger partial charge in [-0.05, 0) is 32.4 Å². The van der Waals surface area contributed by atoms with Gasteiger partial charge in [-0.3, -0.25) is 4.79 Å². The Labute approximate surface area is 72.4 Å². The molecule has 12 heavy (non-hydrogen) atoms. The molecule has 2 rings (SSSR count). The minimum Gasteiger partial charge on any atom is -0.481 e. The molecule has 2 heterocycles. The fourth-order valence-corrected chi connectivity index (χ4v) is 2.43. The first-order valence-corrected chi connectivity index (χ1v) is 4.69. The lowest BCUT2D eigenvalue weighted by atomic mass is 9.82. The normalized spacial score (nSPS) is 40.8. The Kier molecular flexibility index (Phi) is 1.83. The molecule has 0 aliphatic carbocycles. The van der Waals surface area contributed by atoms with Crippen LogP contribution in [0.5, 0.6) is 0 Å². The Bertz CT molecular complexity index is 205. The van der Waals surface area contributed by atoms with Gasteiger partial charge in [0.25, 0.3) is 0 Å². The van der Waals surface area contributed by atoms with Gasteiger partial charge in [-0.1, -0.05) is 6.42 Å². The van der Waals surface area contributed by atoms with E-state index < -0.39 is 5.97 Å². The van der Waals surface area contributed by atoms with Gasteiger partial charge in [-0.2, -0.15) is 0 Å². The molecule has 2 saturated heterocycles. The molecule has 1 N–H and O–H groups in total. The standard InChI is InChI=1S/C9H15NO2/c11-8(12)9-3-1-2-5-10(7-9)6-4-9/h1-7H2,(H,11,12). The van der Waals surface area contributed by atoms with Crippen LogP contribution >= 0.6 is 0 Å². The molecule has 2 unspecified atom stereocenters. The lowest BCUT2D eigenvalue weighted by Crippen LogP contribution is -2.32. The van der Waals surface area contributed by atoms with E-state index in [1.165, 1.54) is 6.42 Å². The smallest absolute Gasteiger partial charge is 0.310 e. The molecule has 2 bridgehead atoms. The van der Waals surface area contributed by atoms with E-state index in [9.17, 15) is 4.79 Å². The summed E-state index contributed by atoms with van der Waals surface area (Å²) in [5.74, 6) is -0.577. The van der Waals surface area contributed by atoms with Gasteiger partial charge >= 0.3 is 5.97 Å². The zero-order valence-corrected chi connectivity index (χ0v) is 7.25. The van der Waals surface area contributed by atoms with Crippen molar-refractivity contribution in [3.63, 3.8) is 0 Å². The number of hydrogen-bond donors (Lipinski definition) is 1. The summed E-state index contributed by atoms with van der Waals surface area (Å²) in [4.78, 5) is 13.4. The number of carboxylic acid groups (broad SMARTS) is 1. The first-order chi connectivity index (χ1) is 5.73. The Morgan fingerprint density at radius 1 is 1.25 bits per heavy atom. The van der Waals surface area contributed by atoms with Gasteiger partial charge in [-0.15, -0.1) is 0 Å². The highest BCUT2D eigenvalue weighted by Gasteiger charge is 2.45. The highest BCUT2D eigenvalue weighted by molar-refractivity contribution is 5.75. The molecule has 0 aromatic heterocycles. The predicted molar refractivity (Wildman–Crippen MR) is 45.0 cm³/mol. The molecule has 0 amide bonds. The summed E-state index contributed by atoms with van der Waals surface area (Å²) in [6.07, 6.45) is 4.01. The quantitative estimate of drug-likeness (QED) is 0.635. The number of fused-ring (bicyclic) bond motifs is 2. The Morgan fingerprint density at radius 2 is 2.08 bits per heavy atom. The minimum atomic E-state index is -0.577. The van der Waals surface area contributed by atoms with Gasteiger partial charge in [0.2, 0.25) is 0 Å². The summed E-state index contributed by atoms with van der Waals surface area (Å²) in [7, 11) is 0. The summed E-state index contributed by atoms with van der Waals surface area (Å²) in [6.45, 7) is 2.89. The second-order valence-corrected chi connectivity index (χ2v) is 4.07. The highest BCUT2D eigenvalue weighted by Crippen LogP contribution is 2.38. The van der Waals surface area contributed by atoms with E-state index in [0.29, 0.717) is 0 Å². The predicted octanol–water partition coefficient (Wildman–Crippen LogP) is 0.947. The largest absolute Gasteiger partial charge is 0.481 e. The molecule has 0 saturated carbocycles. The van der Waals surface area contributed by atoms with Gasteiger partial charge < -0.3 is 10.0 Å². The van der Waals surface area contributed by atoms with E-state index in [-0.39, 0.29) is 5.41 Å². The second-order valence-electron chi connectivity index (χ2n) is 4.07. The number of hydrogen-bond acceptors (Lipinski definition) is 2. The minimum absolute atomic E-state index is 0.378. The topological polar surface area (TPSA) is 40.5 Å². The van der Waals surface area contributed by atoms with Crippen LogP contribution in [-0.2, 0) is 4.79 Å². The molecule has 0 spiro atoms. The lowest BCUT2D eigenvalue weighted by Gasteiger charge is -2.21. The van der Waals surface area contributed by atoms with Crippen LogP contribution in [-0.4, -0.2) is 35.6 Å². The highest BCUT2D eigenvalue weighted by atomic mass is 16.4. The fraction of sp³-hybridized carbons (Fsp3) is 0.889. The van der Waals surface area contributed by atoms with Crippen molar-refractivity contribution in [1.82, 2.24) is 4.90 Å². The van der Waals surface area contributed by atoms with Gasteiger partial charge in [0.1, 0.15) is 0 Å². The van der Waals surface area contributed by atoms with Crippen LogP contribution in [0.2, 0.25) is 0 Å². The molecule has 0 aromatic carbocycles. The average molecular weight is 169 g/mol. The van der Waals surface area contributed by atoms with Gasteiger partial charge in [0.15, 0.2) is 0 Å². The second kappa shape index (κ2) is 2.73. The van der Waals surface area contributed by atoms with Crippen LogP contribution < -0.4 is 0 Å². The first-order valence-electron chi connectivity index (χ1n) is 4.69. The number of rotatable bonds is 1. The Balaban J connectivity index is 2.18. The van der Waals surface area contributed by atoms with Crippen LogP contribution in [0.1, 0.15) is 25.7 Å². The number of carboxylic acids is 1. The summed E-state index contributed by atoms with van der Waals surface area (Å²) in [5, 5.41) is 9.11. The molecule has 2 atom stereocenters. The monoisotopic (exact) mass is 169 g/mol. The molecule has 2 aliphatic heterocycles. The van der Waals surface area contributed by atoms with E-state index in [4.69, 9.17) is 5.11 Å². The third kappa shape index (κ3) is 1.12. The summed E-state index contributed by atoms with van der Waals surface area (Å²) >= 11 is 0. The van der Waals surface area contributed by atoms with E-state index in [2.05, 4.69) is 4.90 Å². The van der Waals surface area contributed by atoms with Crippen molar-refractivity contribution in [3.8, 4) is 0 Å². The van der Waals surface area contributed by atoms with Gasteiger partial charge in [-0.25, -0.2) is 0 Å². The van der Waals surface area contributed by atoms with Crippen molar-refractivity contribution in [2.24, 2.45) is 5.41 Å². The first kappa shape index (κ1) is 8.05. The molecule has 68 valence electrons. The van der Waals surface area contributed by atoms with E-state index in [1.807, 2.05) is 0 Å². The molecule has 3 nitrogen and oxygen atoms in total. The van der Waals surface area contributed by atoms with Crippen molar-refractivity contribution in [1.29, 1.82) is 0 Å². The molecule has 0 aromatic rings. The summed E-state index contributed by atoms with van der Waals surface area (Å²) in [6, 6.07) is 0. The van der Waals surface area contributed by atoms with E-state index >= 15 is 0 Å². The third-order valence-corrected chi connectivity index (χ3v) is 3.27. The zero-order valence-electron chi connectivity index (χ0n) is 7.25. The molecule has 2 aliphatic rings. The van der Waals surface area contributed by atoms with Crippen molar-refractivity contribution in [2.45, 2.75) is 25.7 Å². The molecule has 3 heteroatoms. The van der Waals surface area contributed by atoms with Gasteiger partial charge in [0, 0.05) is 6.54 Å². The fourth-order valence-electron chi connectivity index (χ4n) is 2.43. The maximum atomic E-state index is 11.1. The number of carbonyl (C=O) groups is 1. The maximum absolute atomic E-state index is 11.1. The number of aliphatic carboxylic acids is 1. The molecule has 2 fully saturated rings. The van der Waals surface area contributed by atoms with Gasteiger partial charge in [0.05, 0.1) is 5.41 Å². The van der Waals surface area contributed by atoms with Crippen molar-refractivity contribution in [3.05, 3.63) is 0 Å². The van der Waals surface area contributed by atoms with Crippen LogP contribution in [0.3, 0.4) is 0 Å². The van der Waals surface area contributed by atoms with Crippen molar-refractivity contribution in [2.75, 3.05) is 19.6 Å². The SMILES string of the molecule is O=C(O)C12CCCCN(CC1)C2. The van der Waals surface area contributed by atoms with E-state index in [0.717, 1.165) is 38.9 Å². The van der Waals surface area contributed by atoms with Crippen molar-refractivity contribution >= 4 is 5.97 Å². The Morgan fingerprint density at radius 3 is 2.83 bits per heavy atom.